The van der Waals surface area contributed by atoms with Crippen LogP contribution in [0, 0.1) is 0 Å². The van der Waals surface area contributed by atoms with Gasteiger partial charge >= 0.3 is 5.97 Å². The van der Waals surface area contributed by atoms with Gasteiger partial charge in [-0.2, -0.15) is 0 Å². The number of nitrogens with one attached hydrogen (secondary N) is 1. The highest BCUT2D eigenvalue weighted by Crippen LogP contribution is 2.15. The Morgan fingerprint density at radius 1 is 0.793 bits per heavy atom. The molecule has 0 radical (unpaired) electrons. The van der Waals surface area contributed by atoms with E-state index in [-0.39, 0.29) is 18.7 Å². The normalized spacial score (nSPS) is 11.4. The summed E-state index contributed by atoms with van der Waals surface area (Å²) in [7, 11) is 0. The lowest BCUT2D eigenvalue weighted by Crippen LogP contribution is -2.43. The molecule has 0 saturated carbocycles. The number of benzene rings is 3. The van der Waals surface area contributed by atoms with E-state index >= 15 is 0 Å². The second-order valence-electron chi connectivity index (χ2n) is 6.74. The smallest absolute Gasteiger partial charge is 0.326 e. The lowest BCUT2D eigenvalue weighted by molar-refractivity contribution is -0.141. The van der Waals surface area contributed by atoms with E-state index in [2.05, 4.69) is 5.32 Å². The molecular formula is C24H23NO4. The summed E-state index contributed by atoms with van der Waals surface area (Å²) in [5.41, 5.74) is 2.72. The summed E-state index contributed by atoms with van der Waals surface area (Å²) in [5.74, 6) is -0.667. The molecule has 29 heavy (non-hydrogen) atoms. The summed E-state index contributed by atoms with van der Waals surface area (Å²) in [6.07, 6.45) is 0.353. The Bertz CT molecular complexity index is 924. The zero-order chi connectivity index (χ0) is 20.5. The Morgan fingerprint density at radius 3 is 1.97 bits per heavy atom. The van der Waals surface area contributed by atoms with E-state index in [1.807, 2.05) is 84.9 Å². The van der Waals surface area contributed by atoms with Gasteiger partial charge in [0, 0.05) is 6.42 Å². The van der Waals surface area contributed by atoms with Crippen LogP contribution in [0.4, 0.5) is 0 Å². The van der Waals surface area contributed by atoms with Crippen LogP contribution >= 0.6 is 0 Å². The molecule has 3 aromatic carbocycles. The molecule has 0 aliphatic rings. The van der Waals surface area contributed by atoms with E-state index in [1.165, 1.54) is 0 Å². The third-order valence-corrected chi connectivity index (χ3v) is 4.45. The summed E-state index contributed by atoms with van der Waals surface area (Å²) in [6, 6.07) is 25.4. The Hall–Kier alpha value is -3.60. The first-order valence-corrected chi connectivity index (χ1v) is 9.42. The van der Waals surface area contributed by atoms with Gasteiger partial charge in [0.15, 0.2) is 0 Å². The fourth-order valence-corrected chi connectivity index (χ4v) is 2.93. The van der Waals surface area contributed by atoms with Gasteiger partial charge < -0.3 is 15.2 Å². The van der Waals surface area contributed by atoms with E-state index in [0.29, 0.717) is 12.4 Å². The van der Waals surface area contributed by atoms with Gasteiger partial charge in [-0.15, -0.1) is 0 Å². The predicted molar refractivity (Wildman–Crippen MR) is 111 cm³/mol. The van der Waals surface area contributed by atoms with Crippen LogP contribution in [0.15, 0.2) is 84.9 Å². The number of rotatable bonds is 9. The van der Waals surface area contributed by atoms with E-state index in [4.69, 9.17) is 4.74 Å². The standard InChI is InChI=1S/C24H23NO4/c26-23(16-18-7-3-1-4-8-18)25-22(24(27)28)15-19-11-13-21(14-12-19)29-17-20-9-5-2-6-10-20/h1-14,22H,15-17H2,(H,25,26)(H,27,28)/t22-/m1/s1. The molecule has 0 fully saturated rings. The van der Waals surface area contributed by atoms with Crippen LogP contribution in [-0.2, 0) is 29.0 Å². The highest BCUT2D eigenvalue weighted by molar-refractivity contribution is 5.85. The summed E-state index contributed by atoms with van der Waals surface area (Å²) < 4.78 is 5.74. The van der Waals surface area contributed by atoms with Crippen molar-refractivity contribution in [3.63, 3.8) is 0 Å². The fraction of sp³-hybridized carbons (Fsp3) is 0.167. The van der Waals surface area contributed by atoms with Gasteiger partial charge in [-0.25, -0.2) is 4.79 Å². The average molecular weight is 389 g/mol. The highest BCUT2D eigenvalue weighted by atomic mass is 16.5. The van der Waals surface area contributed by atoms with E-state index in [1.54, 1.807) is 0 Å². The van der Waals surface area contributed by atoms with E-state index < -0.39 is 12.0 Å². The molecule has 3 aromatic rings. The zero-order valence-electron chi connectivity index (χ0n) is 16.0. The lowest BCUT2D eigenvalue weighted by Gasteiger charge is -2.15. The molecule has 5 heteroatoms. The van der Waals surface area contributed by atoms with Crippen molar-refractivity contribution in [1.29, 1.82) is 0 Å². The van der Waals surface area contributed by atoms with Crippen molar-refractivity contribution in [2.45, 2.75) is 25.5 Å². The monoisotopic (exact) mass is 389 g/mol. The molecule has 0 aliphatic carbocycles. The summed E-state index contributed by atoms with van der Waals surface area (Å²) in [5, 5.41) is 12.1. The van der Waals surface area contributed by atoms with Gasteiger partial charge in [-0.05, 0) is 28.8 Å². The van der Waals surface area contributed by atoms with Gasteiger partial charge in [0.2, 0.25) is 5.91 Å². The van der Waals surface area contributed by atoms with Crippen LogP contribution in [-0.4, -0.2) is 23.0 Å². The largest absolute Gasteiger partial charge is 0.489 e. The van der Waals surface area contributed by atoms with Crippen LogP contribution < -0.4 is 10.1 Å². The molecule has 0 heterocycles. The van der Waals surface area contributed by atoms with Crippen molar-refractivity contribution in [3.8, 4) is 5.75 Å². The number of carbonyl (C=O) groups is 2. The first-order chi connectivity index (χ1) is 14.1. The number of carboxylic acids is 1. The quantitative estimate of drug-likeness (QED) is 0.586. The van der Waals surface area contributed by atoms with Gasteiger partial charge in [0.25, 0.3) is 0 Å². The molecule has 0 spiro atoms. The number of carbonyl (C=O) groups excluding carboxylic acids is 1. The van der Waals surface area contributed by atoms with Crippen LogP contribution in [0.2, 0.25) is 0 Å². The number of aliphatic carboxylic acids is 1. The van der Waals surface area contributed by atoms with Crippen molar-refractivity contribution in [2.24, 2.45) is 0 Å². The highest BCUT2D eigenvalue weighted by Gasteiger charge is 2.20. The maximum Gasteiger partial charge on any atom is 0.326 e. The molecule has 3 rings (SSSR count). The molecule has 0 saturated heterocycles. The van der Waals surface area contributed by atoms with Crippen molar-refractivity contribution in [3.05, 3.63) is 102 Å². The number of carboxylic acid groups (broad SMARTS) is 1. The summed E-state index contributed by atoms with van der Waals surface area (Å²) in [6.45, 7) is 0.466. The Kier molecular flexibility index (Phi) is 7.00. The Morgan fingerprint density at radius 2 is 1.38 bits per heavy atom. The molecule has 5 nitrogen and oxygen atoms in total. The molecule has 1 amide bonds. The average Bonchev–Trinajstić information content (AvgIpc) is 2.74. The minimum Gasteiger partial charge on any atom is -0.489 e. The first kappa shape index (κ1) is 20.1. The third kappa shape index (κ3) is 6.50. The molecule has 0 bridgehead atoms. The number of hydrogen-bond acceptors (Lipinski definition) is 3. The third-order valence-electron chi connectivity index (χ3n) is 4.45. The molecule has 1 atom stereocenters. The first-order valence-electron chi connectivity index (χ1n) is 9.42. The summed E-state index contributed by atoms with van der Waals surface area (Å²) >= 11 is 0. The van der Waals surface area contributed by atoms with E-state index in [0.717, 1.165) is 16.7 Å². The second-order valence-corrected chi connectivity index (χ2v) is 6.74. The molecule has 0 unspecified atom stereocenters. The van der Waals surface area contributed by atoms with Crippen LogP contribution in [0.5, 0.6) is 5.75 Å². The Labute approximate surface area is 170 Å². The maximum absolute atomic E-state index is 12.2. The minimum atomic E-state index is -1.06. The maximum atomic E-state index is 12.2. The second kappa shape index (κ2) is 10.1. The molecular weight excluding hydrogens is 366 g/mol. The van der Waals surface area contributed by atoms with Crippen LogP contribution in [0.25, 0.3) is 0 Å². The van der Waals surface area contributed by atoms with Crippen LogP contribution in [0.3, 0.4) is 0 Å². The van der Waals surface area contributed by atoms with Crippen molar-refractivity contribution >= 4 is 11.9 Å². The van der Waals surface area contributed by atoms with Crippen molar-refractivity contribution in [2.75, 3.05) is 0 Å². The topological polar surface area (TPSA) is 75.6 Å². The SMILES string of the molecule is O=C(Cc1ccccc1)N[C@H](Cc1ccc(OCc2ccccc2)cc1)C(=O)O. The lowest BCUT2D eigenvalue weighted by atomic mass is 10.0. The van der Waals surface area contributed by atoms with Gasteiger partial charge in [-0.3, -0.25) is 4.79 Å². The number of amides is 1. The molecule has 148 valence electrons. The molecule has 0 aromatic heterocycles. The Balaban J connectivity index is 1.54. The minimum absolute atomic E-state index is 0.150. The van der Waals surface area contributed by atoms with Gasteiger partial charge in [-0.1, -0.05) is 72.8 Å². The zero-order valence-corrected chi connectivity index (χ0v) is 16.0. The van der Waals surface area contributed by atoms with Gasteiger partial charge in [0.05, 0.1) is 6.42 Å². The van der Waals surface area contributed by atoms with Crippen molar-refractivity contribution in [1.82, 2.24) is 5.32 Å². The van der Waals surface area contributed by atoms with Crippen molar-refractivity contribution < 1.29 is 19.4 Å². The predicted octanol–water partition coefficient (Wildman–Crippen LogP) is 3.62. The fourth-order valence-electron chi connectivity index (χ4n) is 2.93. The van der Waals surface area contributed by atoms with Gasteiger partial charge in [0.1, 0.15) is 18.4 Å². The van der Waals surface area contributed by atoms with E-state index in [9.17, 15) is 14.7 Å². The van der Waals surface area contributed by atoms with Crippen LogP contribution in [0.1, 0.15) is 16.7 Å². The number of hydrogen-bond donors (Lipinski definition) is 2. The summed E-state index contributed by atoms with van der Waals surface area (Å²) in [4.78, 5) is 23.8. The number of ether oxygens (including phenoxy) is 1. The molecule has 0 aliphatic heterocycles. The molecule has 2 N–H and O–H groups in total.